The molecule has 1 fully saturated rings. The van der Waals surface area contributed by atoms with Crippen LogP contribution in [-0.2, 0) is 9.53 Å². The number of amides is 2. The maximum atomic E-state index is 12.3. The molecule has 2 amide bonds. The Bertz CT molecular complexity index is 1110. The van der Waals surface area contributed by atoms with Crippen LogP contribution in [0.3, 0.4) is 0 Å². The van der Waals surface area contributed by atoms with Gasteiger partial charge < -0.3 is 19.7 Å². The number of hydrogen-bond donors (Lipinski definition) is 2. The molecule has 2 atom stereocenters. The van der Waals surface area contributed by atoms with Crippen molar-refractivity contribution in [3.8, 4) is 5.69 Å². The summed E-state index contributed by atoms with van der Waals surface area (Å²) >= 11 is 0. The maximum Gasteiger partial charge on any atom is 1.00 e. The molecule has 1 aliphatic rings. The zero-order chi connectivity index (χ0) is 28.0. The molecule has 1 aliphatic carbocycles. The molecule has 0 radical (unpaired) electrons. The average Bonchev–Trinajstić information content (AvgIpc) is 3.22. The molecule has 10 heteroatoms. The molecule has 0 saturated heterocycles. The van der Waals surface area contributed by atoms with E-state index in [2.05, 4.69) is 10.6 Å². The van der Waals surface area contributed by atoms with E-state index in [-0.39, 0.29) is 69.8 Å². The Labute approximate surface area is 266 Å². The van der Waals surface area contributed by atoms with Crippen molar-refractivity contribution in [1.29, 1.82) is 0 Å². The van der Waals surface area contributed by atoms with Crippen molar-refractivity contribution in [2.75, 3.05) is 17.7 Å². The monoisotopic (exact) mass is 555 g/mol. The van der Waals surface area contributed by atoms with Crippen LogP contribution in [-0.4, -0.2) is 30.1 Å². The number of alkyl halides is 2. The summed E-state index contributed by atoms with van der Waals surface area (Å²) in [5.41, 5.74) is 3.59. The number of anilines is 2. The van der Waals surface area contributed by atoms with Crippen molar-refractivity contribution in [2.24, 2.45) is 5.92 Å². The van der Waals surface area contributed by atoms with Gasteiger partial charge in [0.15, 0.2) is 0 Å². The first-order valence-electron chi connectivity index (χ1n) is 12.0. The summed E-state index contributed by atoms with van der Waals surface area (Å²) in [5.74, 6) is -2.04. The second-order valence-electron chi connectivity index (χ2n) is 7.97. The molecule has 0 aliphatic heterocycles. The standard InChI is InChI=1S/C21H21N3O3.C4H6F2.C2H6.CH3O.K/c1-15-6-3-4-7-19(15)16(2)27-21(26)23-20-8-5-13-24(20)18-11-9-17(10-12-18)22-14-25;1-3-2-4(3,5)6;2*1-2;/h3-14,16H,1-2H3,(H,22,25)(H,23,26);3H,2H2,1H3;1-2H3;1H3;/q;;;-1;+1. The summed E-state index contributed by atoms with van der Waals surface area (Å²) in [6.45, 7) is 9.39. The van der Waals surface area contributed by atoms with Crippen molar-refractivity contribution in [1.82, 2.24) is 4.57 Å². The summed E-state index contributed by atoms with van der Waals surface area (Å²) in [6.07, 6.45) is 1.69. The first-order chi connectivity index (χ1) is 17.7. The van der Waals surface area contributed by atoms with Gasteiger partial charge in [-0.25, -0.2) is 13.6 Å². The van der Waals surface area contributed by atoms with Crippen molar-refractivity contribution < 1.29 is 79.6 Å². The van der Waals surface area contributed by atoms with E-state index < -0.39 is 12.0 Å². The van der Waals surface area contributed by atoms with Crippen LogP contribution in [0, 0.1) is 12.8 Å². The number of nitrogens with zero attached hydrogens (tertiary/aromatic N) is 1. The van der Waals surface area contributed by atoms with E-state index in [1.165, 1.54) is 0 Å². The number of aryl methyl sites for hydroxylation is 1. The van der Waals surface area contributed by atoms with Gasteiger partial charge in [0.1, 0.15) is 11.9 Å². The fourth-order valence-electron chi connectivity index (χ4n) is 3.24. The van der Waals surface area contributed by atoms with Gasteiger partial charge >= 0.3 is 57.5 Å². The predicted molar refractivity (Wildman–Crippen MR) is 141 cm³/mol. The topological polar surface area (TPSA) is 95.4 Å². The van der Waals surface area contributed by atoms with Crippen LogP contribution in [0.25, 0.3) is 5.69 Å². The van der Waals surface area contributed by atoms with Gasteiger partial charge in [-0.05, 0) is 61.4 Å². The number of rotatable bonds is 6. The van der Waals surface area contributed by atoms with Crippen LogP contribution in [0.1, 0.15) is 51.3 Å². The second kappa shape index (κ2) is 18.2. The smallest absolute Gasteiger partial charge is 0.857 e. The van der Waals surface area contributed by atoms with E-state index in [1.807, 2.05) is 80.9 Å². The van der Waals surface area contributed by atoms with Crippen LogP contribution >= 0.6 is 0 Å². The third kappa shape index (κ3) is 11.3. The SMILES string of the molecule is CC.CC1CC1(F)F.C[O-].Cc1ccccc1C(C)OC(=O)Nc1cccn1-c1ccc(NC=O)cc1.[K+]. The zero-order valence-corrected chi connectivity index (χ0v) is 26.2. The molecule has 0 spiro atoms. The maximum absolute atomic E-state index is 12.3. The second-order valence-corrected chi connectivity index (χ2v) is 7.97. The van der Waals surface area contributed by atoms with E-state index >= 15 is 0 Å². The summed E-state index contributed by atoms with van der Waals surface area (Å²) in [6, 6.07) is 18.7. The van der Waals surface area contributed by atoms with Crippen LogP contribution in [0.2, 0.25) is 0 Å². The van der Waals surface area contributed by atoms with Crippen molar-refractivity contribution >= 4 is 24.0 Å². The van der Waals surface area contributed by atoms with E-state index in [4.69, 9.17) is 9.84 Å². The van der Waals surface area contributed by atoms with Gasteiger partial charge in [-0.15, -0.1) is 0 Å². The number of halogens is 2. The minimum atomic E-state index is -2.29. The Kier molecular flexibility index (Phi) is 17.2. The normalized spacial score (nSPS) is 14.7. The number of carbonyl (C=O) groups is 2. The molecule has 202 valence electrons. The van der Waals surface area contributed by atoms with Gasteiger partial charge in [0.05, 0.1) is 0 Å². The molecular formula is C28H36F2KN3O4. The quantitative estimate of drug-likeness (QED) is 0.360. The predicted octanol–water partition coefficient (Wildman–Crippen LogP) is 3.33. The van der Waals surface area contributed by atoms with Crippen LogP contribution in [0.15, 0.2) is 66.9 Å². The molecule has 1 saturated carbocycles. The largest absolute Gasteiger partial charge is 1.00 e. The molecule has 3 aromatic rings. The third-order valence-electron chi connectivity index (χ3n) is 5.40. The molecule has 2 unspecified atom stereocenters. The zero-order valence-electron chi connectivity index (χ0n) is 23.1. The van der Waals surface area contributed by atoms with Crippen LogP contribution in [0.5, 0.6) is 0 Å². The van der Waals surface area contributed by atoms with Gasteiger partial charge in [-0.2, -0.15) is 7.11 Å². The molecule has 7 nitrogen and oxygen atoms in total. The van der Waals surface area contributed by atoms with Crippen LogP contribution < -0.4 is 67.1 Å². The molecule has 1 aromatic heterocycles. The summed E-state index contributed by atoms with van der Waals surface area (Å²) in [5, 5.41) is 13.6. The van der Waals surface area contributed by atoms with E-state index in [1.54, 1.807) is 25.1 Å². The van der Waals surface area contributed by atoms with Gasteiger partial charge in [0.2, 0.25) is 6.41 Å². The average molecular weight is 556 g/mol. The molecule has 1 heterocycles. The number of nitrogens with one attached hydrogen (secondary N) is 2. The van der Waals surface area contributed by atoms with E-state index in [0.717, 1.165) is 23.9 Å². The molecule has 0 bridgehead atoms. The van der Waals surface area contributed by atoms with Crippen molar-refractivity contribution in [3.05, 3.63) is 78.0 Å². The molecule has 2 N–H and O–H groups in total. The minimum Gasteiger partial charge on any atom is -0.857 e. The van der Waals surface area contributed by atoms with Crippen LogP contribution in [0.4, 0.5) is 25.1 Å². The van der Waals surface area contributed by atoms with Gasteiger partial charge in [-0.3, -0.25) is 10.1 Å². The van der Waals surface area contributed by atoms with Gasteiger partial charge in [0, 0.05) is 29.9 Å². The fraction of sp³-hybridized carbons (Fsp3) is 0.357. The fourth-order valence-corrected chi connectivity index (χ4v) is 3.24. The minimum absolute atomic E-state index is 0. The Morgan fingerprint density at radius 1 is 1.11 bits per heavy atom. The summed E-state index contributed by atoms with van der Waals surface area (Å²) < 4.78 is 30.4. The number of benzene rings is 2. The summed E-state index contributed by atoms with van der Waals surface area (Å²) in [7, 11) is 0.750. The number of aromatic nitrogens is 1. The van der Waals surface area contributed by atoms with E-state index in [0.29, 0.717) is 17.9 Å². The molecule has 2 aromatic carbocycles. The molecule has 38 heavy (non-hydrogen) atoms. The van der Waals surface area contributed by atoms with Gasteiger partial charge in [-0.1, -0.05) is 45.0 Å². The van der Waals surface area contributed by atoms with E-state index in [9.17, 15) is 18.4 Å². The Morgan fingerprint density at radius 2 is 1.66 bits per heavy atom. The number of hydrogen-bond acceptors (Lipinski definition) is 4. The Morgan fingerprint density at radius 3 is 2.16 bits per heavy atom. The molecular weight excluding hydrogens is 519 g/mol. The molecule has 4 rings (SSSR count). The van der Waals surface area contributed by atoms with Crippen molar-refractivity contribution in [2.45, 2.75) is 53.1 Å². The summed E-state index contributed by atoms with van der Waals surface area (Å²) in [4.78, 5) is 22.8. The third-order valence-corrected chi connectivity index (χ3v) is 5.40. The Hall–Kier alpha value is -2.08. The number of carbonyl (C=O) groups excluding carboxylic acids is 2. The van der Waals surface area contributed by atoms with Gasteiger partial charge in [0.25, 0.3) is 5.92 Å². The first kappa shape index (κ1) is 35.9. The van der Waals surface area contributed by atoms with Crippen molar-refractivity contribution in [3.63, 3.8) is 0 Å². The number of ether oxygens (including phenoxy) is 1. The Balaban J connectivity index is 0.00000107. The first-order valence-corrected chi connectivity index (χ1v) is 12.0.